The summed E-state index contributed by atoms with van der Waals surface area (Å²) in [4.78, 5) is 0. The Bertz CT molecular complexity index is 550. The van der Waals surface area contributed by atoms with Crippen molar-refractivity contribution in [2.75, 3.05) is 0 Å². The minimum absolute atomic E-state index is 0.509. The van der Waals surface area contributed by atoms with Gasteiger partial charge in [0.1, 0.15) is 0 Å². The van der Waals surface area contributed by atoms with E-state index in [-0.39, 0.29) is 0 Å². The molecule has 0 saturated carbocycles. The lowest BCUT2D eigenvalue weighted by Crippen LogP contribution is -1.98. The van der Waals surface area contributed by atoms with Crippen LogP contribution in [0.3, 0.4) is 0 Å². The molecule has 0 N–H and O–H groups in total. The van der Waals surface area contributed by atoms with E-state index in [0.29, 0.717) is 21.3 Å². The van der Waals surface area contributed by atoms with Crippen LogP contribution in [0.5, 0.6) is 0 Å². The zero-order valence-corrected chi connectivity index (χ0v) is 10.3. The second kappa shape index (κ2) is 5.21. The number of benzene rings is 2. The van der Waals surface area contributed by atoms with Gasteiger partial charge >= 0.3 is 0 Å². The molecule has 4 heteroatoms. The third kappa shape index (κ3) is 2.99. The van der Waals surface area contributed by atoms with Crippen LogP contribution in [0.2, 0.25) is 10.0 Å². The highest BCUT2D eigenvalue weighted by Crippen LogP contribution is 2.17. The SMILES string of the molecule is [O-][N+](=Cc1ccccc1Cl)c1ccc(Cl)cc1. The van der Waals surface area contributed by atoms with E-state index in [4.69, 9.17) is 23.2 Å². The molecule has 0 saturated heterocycles. The Kier molecular flexibility index (Phi) is 3.67. The van der Waals surface area contributed by atoms with Crippen molar-refractivity contribution in [2.45, 2.75) is 0 Å². The van der Waals surface area contributed by atoms with Gasteiger partial charge in [0.05, 0.1) is 10.6 Å². The van der Waals surface area contributed by atoms with Crippen LogP contribution in [0.25, 0.3) is 0 Å². The van der Waals surface area contributed by atoms with Crippen molar-refractivity contribution in [2.24, 2.45) is 0 Å². The third-order valence-corrected chi connectivity index (χ3v) is 2.84. The molecule has 0 heterocycles. The summed E-state index contributed by atoms with van der Waals surface area (Å²) in [5.74, 6) is 0. The summed E-state index contributed by atoms with van der Waals surface area (Å²) in [6.45, 7) is 0. The fourth-order valence-corrected chi connectivity index (χ4v) is 1.68. The minimum atomic E-state index is 0.509. The maximum atomic E-state index is 11.8. The monoisotopic (exact) mass is 265 g/mol. The van der Waals surface area contributed by atoms with Crippen LogP contribution >= 0.6 is 23.2 Å². The molecule has 0 atom stereocenters. The molecule has 0 aliphatic rings. The zero-order chi connectivity index (χ0) is 12.3. The van der Waals surface area contributed by atoms with E-state index in [0.717, 1.165) is 4.74 Å². The lowest BCUT2D eigenvalue weighted by Gasteiger charge is -2.03. The zero-order valence-electron chi connectivity index (χ0n) is 8.81. The van der Waals surface area contributed by atoms with Gasteiger partial charge in [0, 0.05) is 17.2 Å². The first-order valence-corrected chi connectivity index (χ1v) is 5.74. The van der Waals surface area contributed by atoms with E-state index in [9.17, 15) is 5.21 Å². The molecule has 0 radical (unpaired) electrons. The summed E-state index contributed by atoms with van der Waals surface area (Å²) < 4.78 is 0.761. The number of hydrogen-bond acceptors (Lipinski definition) is 1. The summed E-state index contributed by atoms with van der Waals surface area (Å²) >= 11 is 11.7. The summed E-state index contributed by atoms with van der Waals surface area (Å²) in [6, 6.07) is 13.8. The second-order valence-electron chi connectivity index (χ2n) is 3.45. The van der Waals surface area contributed by atoms with Gasteiger partial charge in [-0.15, -0.1) is 0 Å². The largest absolute Gasteiger partial charge is 0.618 e. The molecule has 17 heavy (non-hydrogen) atoms. The van der Waals surface area contributed by atoms with Gasteiger partial charge in [0.15, 0.2) is 6.21 Å². The molecule has 0 bridgehead atoms. The first kappa shape index (κ1) is 12.0. The smallest absolute Gasteiger partial charge is 0.216 e. The van der Waals surface area contributed by atoms with Gasteiger partial charge in [-0.25, -0.2) is 0 Å². The molecule has 2 aromatic carbocycles. The summed E-state index contributed by atoms with van der Waals surface area (Å²) in [5.41, 5.74) is 1.19. The molecule has 0 aliphatic heterocycles. The highest BCUT2D eigenvalue weighted by Gasteiger charge is 2.03. The molecular formula is C13H9Cl2NO. The maximum Gasteiger partial charge on any atom is 0.216 e. The minimum Gasteiger partial charge on any atom is -0.618 e. The van der Waals surface area contributed by atoms with E-state index in [1.165, 1.54) is 6.21 Å². The predicted molar refractivity (Wildman–Crippen MR) is 71.4 cm³/mol. The molecule has 86 valence electrons. The Morgan fingerprint density at radius 2 is 1.59 bits per heavy atom. The lowest BCUT2D eigenvalue weighted by atomic mass is 10.2. The van der Waals surface area contributed by atoms with Crippen molar-refractivity contribution in [3.8, 4) is 0 Å². The predicted octanol–water partition coefficient (Wildman–Crippen LogP) is 4.25. The number of rotatable bonds is 2. The Labute approximate surface area is 109 Å². The fraction of sp³-hybridized carbons (Fsp3) is 0. The number of nitrogens with zero attached hydrogens (tertiary/aromatic N) is 1. The Morgan fingerprint density at radius 3 is 2.24 bits per heavy atom. The van der Waals surface area contributed by atoms with Crippen LogP contribution in [0.1, 0.15) is 5.56 Å². The van der Waals surface area contributed by atoms with Crippen LogP contribution in [0.15, 0.2) is 48.5 Å². The van der Waals surface area contributed by atoms with Crippen LogP contribution in [-0.2, 0) is 0 Å². The van der Waals surface area contributed by atoms with E-state index in [1.54, 1.807) is 36.4 Å². The highest BCUT2D eigenvalue weighted by atomic mass is 35.5. The van der Waals surface area contributed by atoms with Crippen molar-refractivity contribution < 1.29 is 4.74 Å². The number of halogens is 2. The molecule has 0 fully saturated rings. The average molecular weight is 266 g/mol. The van der Waals surface area contributed by atoms with Crippen molar-refractivity contribution >= 4 is 35.1 Å². The normalized spacial score (nSPS) is 11.5. The Hall–Kier alpha value is -1.51. The molecule has 2 nitrogen and oxygen atoms in total. The topological polar surface area (TPSA) is 26.1 Å². The molecule has 0 aromatic heterocycles. The molecule has 0 aliphatic carbocycles. The second-order valence-corrected chi connectivity index (χ2v) is 4.30. The van der Waals surface area contributed by atoms with Gasteiger partial charge in [0.25, 0.3) is 0 Å². The van der Waals surface area contributed by atoms with Crippen LogP contribution in [0, 0.1) is 5.21 Å². The van der Waals surface area contributed by atoms with Crippen LogP contribution < -0.4 is 0 Å². The Morgan fingerprint density at radius 1 is 0.941 bits per heavy atom. The maximum absolute atomic E-state index is 11.8. The van der Waals surface area contributed by atoms with E-state index >= 15 is 0 Å². The molecular weight excluding hydrogens is 257 g/mol. The van der Waals surface area contributed by atoms with E-state index < -0.39 is 0 Å². The Balaban J connectivity index is 2.34. The molecule has 0 spiro atoms. The van der Waals surface area contributed by atoms with Crippen molar-refractivity contribution in [3.63, 3.8) is 0 Å². The van der Waals surface area contributed by atoms with Crippen LogP contribution in [0.4, 0.5) is 5.69 Å². The van der Waals surface area contributed by atoms with Crippen molar-refractivity contribution in [1.29, 1.82) is 0 Å². The van der Waals surface area contributed by atoms with E-state index in [1.807, 2.05) is 12.1 Å². The third-order valence-electron chi connectivity index (χ3n) is 2.24. The van der Waals surface area contributed by atoms with Gasteiger partial charge in [0.2, 0.25) is 5.69 Å². The fourth-order valence-electron chi connectivity index (χ4n) is 1.37. The van der Waals surface area contributed by atoms with Gasteiger partial charge in [-0.1, -0.05) is 35.3 Å². The van der Waals surface area contributed by atoms with Crippen molar-refractivity contribution in [3.05, 3.63) is 69.3 Å². The average Bonchev–Trinajstić information content (AvgIpc) is 2.33. The molecule has 2 rings (SSSR count). The molecule has 2 aromatic rings. The van der Waals surface area contributed by atoms with Gasteiger partial charge in [-0.3, -0.25) is 0 Å². The first-order chi connectivity index (χ1) is 8.16. The summed E-state index contributed by atoms with van der Waals surface area (Å²) in [6.07, 6.45) is 1.44. The lowest BCUT2D eigenvalue weighted by molar-refractivity contribution is -0.354. The summed E-state index contributed by atoms with van der Waals surface area (Å²) in [5, 5.41) is 13.0. The summed E-state index contributed by atoms with van der Waals surface area (Å²) in [7, 11) is 0. The van der Waals surface area contributed by atoms with Crippen LogP contribution in [-0.4, -0.2) is 11.0 Å². The van der Waals surface area contributed by atoms with Gasteiger partial charge in [-0.2, -0.15) is 4.74 Å². The molecule has 0 unspecified atom stereocenters. The molecule has 0 amide bonds. The first-order valence-electron chi connectivity index (χ1n) is 4.98. The standard InChI is InChI=1S/C13H9Cl2NO/c14-11-5-7-12(8-6-11)16(17)9-10-3-1-2-4-13(10)15/h1-9H. The highest BCUT2D eigenvalue weighted by molar-refractivity contribution is 6.33. The van der Waals surface area contributed by atoms with Crippen molar-refractivity contribution in [1.82, 2.24) is 0 Å². The van der Waals surface area contributed by atoms with Gasteiger partial charge in [-0.05, 0) is 24.3 Å². The number of hydrogen-bond donors (Lipinski definition) is 0. The quantitative estimate of drug-likeness (QED) is 0.345. The van der Waals surface area contributed by atoms with E-state index in [2.05, 4.69) is 0 Å². The van der Waals surface area contributed by atoms with Gasteiger partial charge < -0.3 is 5.21 Å².